The summed E-state index contributed by atoms with van der Waals surface area (Å²) in [6.45, 7) is 2.63. The first-order chi connectivity index (χ1) is 13.1. The highest BCUT2D eigenvalue weighted by atomic mass is 19.4. The molecule has 2 aromatic rings. The monoisotopic (exact) mass is 399 g/mol. The van der Waals surface area contributed by atoms with Gasteiger partial charge < -0.3 is 24.6 Å². The molecule has 0 saturated carbocycles. The van der Waals surface area contributed by atoms with Crippen molar-refractivity contribution in [3.8, 4) is 0 Å². The Balaban J connectivity index is 1.75. The van der Waals surface area contributed by atoms with Crippen LogP contribution in [0, 0.1) is 6.92 Å². The predicted octanol–water partition coefficient (Wildman–Crippen LogP) is 2.51. The molecule has 1 saturated heterocycles. The molecule has 0 bridgehead atoms. The van der Waals surface area contributed by atoms with E-state index in [0.717, 1.165) is 12.8 Å². The molecule has 2 atom stereocenters. The molecular weight excluding hydrogens is 375 g/mol. The lowest BCUT2D eigenvalue weighted by atomic mass is 10.1. The van der Waals surface area contributed by atoms with E-state index in [0.29, 0.717) is 24.6 Å². The van der Waals surface area contributed by atoms with E-state index in [9.17, 15) is 18.3 Å². The molecule has 7 nitrogen and oxygen atoms in total. The second kappa shape index (κ2) is 7.96. The second-order valence-electron chi connectivity index (χ2n) is 7.25. The number of aromatic nitrogens is 2. The van der Waals surface area contributed by atoms with Crippen LogP contribution in [0.15, 0.2) is 23.1 Å². The van der Waals surface area contributed by atoms with Crippen molar-refractivity contribution in [1.82, 2.24) is 14.9 Å². The number of β-amino-alcohol motifs (C(OH)–C–C–N with tert-alkyl or cyclic N) is 1. The summed E-state index contributed by atoms with van der Waals surface area (Å²) in [5.74, 6) is 1.24. The maximum Gasteiger partial charge on any atom is 0.419 e. The van der Waals surface area contributed by atoms with E-state index >= 15 is 0 Å². The molecular formula is C18H24F3N5O2. The molecule has 3 rings (SSSR count). The van der Waals surface area contributed by atoms with Gasteiger partial charge in [-0.25, -0.2) is 9.97 Å². The van der Waals surface area contributed by atoms with Gasteiger partial charge in [-0.15, -0.1) is 0 Å². The molecule has 0 amide bonds. The van der Waals surface area contributed by atoms with E-state index in [1.807, 2.05) is 23.9 Å². The van der Waals surface area contributed by atoms with Crippen molar-refractivity contribution < 1.29 is 22.7 Å². The molecule has 0 aromatic carbocycles. The number of aliphatic hydroxyl groups excluding tert-OH is 1. The SMILES string of the molecule is Cc1occ(C(F)(F)F)c1CNc1cc(N2C[C@H](O)C[C@@H]2CN(C)C)ncn1. The number of nitrogens with zero attached hydrogens (tertiary/aromatic N) is 4. The zero-order valence-corrected chi connectivity index (χ0v) is 16.0. The van der Waals surface area contributed by atoms with Crippen LogP contribution in [0.3, 0.4) is 0 Å². The van der Waals surface area contributed by atoms with Crippen molar-refractivity contribution in [2.75, 3.05) is 37.4 Å². The minimum Gasteiger partial charge on any atom is -0.469 e. The van der Waals surface area contributed by atoms with Crippen LogP contribution in [0.1, 0.15) is 23.3 Å². The fourth-order valence-corrected chi connectivity index (χ4v) is 3.48. The number of aryl methyl sites for hydroxylation is 1. The van der Waals surface area contributed by atoms with E-state index in [2.05, 4.69) is 15.3 Å². The first kappa shape index (κ1) is 20.4. The Hall–Kier alpha value is -2.33. The molecule has 0 radical (unpaired) electrons. The summed E-state index contributed by atoms with van der Waals surface area (Å²) < 4.78 is 44.2. The van der Waals surface area contributed by atoms with Crippen LogP contribution < -0.4 is 10.2 Å². The molecule has 1 aliphatic heterocycles. The van der Waals surface area contributed by atoms with Gasteiger partial charge in [-0.05, 0) is 27.4 Å². The van der Waals surface area contributed by atoms with Gasteiger partial charge in [0.2, 0.25) is 0 Å². The minimum atomic E-state index is -4.48. The van der Waals surface area contributed by atoms with Crippen LogP contribution in [0.2, 0.25) is 0 Å². The normalized spacial score (nSPS) is 20.2. The maximum atomic E-state index is 13.1. The smallest absolute Gasteiger partial charge is 0.419 e. The van der Waals surface area contributed by atoms with Crippen molar-refractivity contribution in [2.24, 2.45) is 0 Å². The Labute approximate surface area is 161 Å². The molecule has 0 unspecified atom stereocenters. The number of aliphatic hydroxyl groups is 1. The topological polar surface area (TPSA) is 77.7 Å². The summed E-state index contributed by atoms with van der Waals surface area (Å²) in [7, 11) is 3.92. The molecule has 3 heterocycles. The van der Waals surface area contributed by atoms with Gasteiger partial charge in [-0.3, -0.25) is 0 Å². The third-order valence-corrected chi connectivity index (χ3v) is 4.77. The molecule has 154 valence electrons. The summed E-state index contributed by atoms with van der Waals surface area (Å²) in [5.41, 5.74) is -0.741. The lowest BCUT2D eigenvalue weighted by Crippen LogP contribution is -2.38. The lowest BCUT2D eigenvalue weighted by molar-refractivity contribution is -0.138. The zero-order valence-electron chi connectivity index (χ0n) is 16.0. The fraction of sp³-hybridized carbons (Fsp3) is 0.556. The molecule has 28 heavy (non-hydrogen) atoms. The van der Waals surface area contributed by atoms with Gasteiger partial charge in [0.15, 0.2) is 0 Å². The number of rotatable bonds is 6. The van der Waals surface area contributed by atoms with Crippen molar-refractivity contribution in [2.45, 2.75) is 38.2 Å². The van der Waals surface area contributed by atoms with E-state index in [-0.39, 0.29) is 23.9 Å². The highest BCUT2D eigenvalue weighted by Gasteiger charge is 2.36. The quantitative estimate of drug-likeness (QED) is 0.773. The van der Waals surface area contributed by atoms with Gasteiger partial charge in [0.05, 0.1) is 11.7 Å². The highest BCUT2D eigenvalue weighted by Crippen LogP contribution is 2.35. The van der Waals surface area contributed by atoms with Crippen molar-refractivity contribution in [3.05, 3.63) is 35.5 Å². The van der Waals surface area contributed by atoms with Gasteiger partial charge in [-0.1, -0.05) is 0 Å². The van der Waals surface area contributed by atoms with Crippen LogP contribution in [0.4, 0.5) is 24.8 Å². The van der Waals surface area contributed by atoms with Gasteiger partial charge in [0, 0.05) is 37.3 Å². The van der Waals surface area contributed by atoms with Crippen molar-refractivity contribution in [1.29, 1.82) is 0 Å². The van der Waals surface area contributed by atoms with Crippen molar-refractivity contribution >= 4 is 11.6 Å². The number of furan rings is 1. The average Bonchev–Trinajstić information content (AvgIpc) is 3.15. The number of alkyl halides is 3. The summed E-state index contributed by atoms with van der Waals surface area (Å²) in [6.07, 6.45) is -2.19. The maximum absolute atomic E-state index is 13.1. The number of anilines is 2. The van der Waals surface area contributed by atoms with Gasteiger partial charge in [-0.2, -0.15) is 13.2 Å². The van der Waals surface area contributed by atoms with Gasteiger partial charge in [0.1, 0.15) is 30.0 Å². The summed E-state index contributed by atoms with van der Waals surface area (Å²) >= 11 is 0. The number of likely N-dealkylation sites (N-methyl/N-ethyl adjacent to an activating group) is 1. The third-order valence-electron chi connectivity index (χ3n) is 4.77. The Morgan fingerprint density at radius 2 is 2.11 bits per heavy atom. The van der Waals surface area contributed by atoms with Crippen LogP contribution in [0.25, 0.3) is 0 Å². The van der Waals surface area contributed by atoms with Crippen LogP contribution in [-0.4, -0.2) is 59.3 Å². The fourth-order valence-electron chi connectivity index (χ4n) is 3.48. The van der Waals surface area contributed by atoms with E-state index in [4.69, 9.17) is 4.42 Å². The third kappa shape index (κ3) is 4.56. The minimum absolute atomic E-state index is 0.0507. The number of halogens is 3. The molecule has 10 heteroatoms. The molecule has 2 aromatic heterocycles. The Kier molecular flexibility index (Phi) is 5.80. The summed E-state index contributed by atoms with van der Waals surface area (Å²) in [5, 5.41) is 13.0. The zero-order chi connectivity index (χ0) is 20.5. The van der Waals surface area contributed by atoms with Crippen molar-refractivity contribution in [3.63, 3.8) is 0 Å². The van der Waals surface area contributed by atoms with E-state index in [1.165, 1.54) is 13.3 Å². The molecule has 0 aliphatic carbocycles. The molecule has 1 fully saturated rings. The van der Waals surface area contributed by atoms with E-state index in [1.54, 1.807) is 6.07 Å². The summed E-state index contributed by atoms with van der Waals surface area (Å²) in [4.78, 5) is 12.4. The van der Waals surface area contributed by atoms with E-state index < -0.39 is 17.8 Å². The first-order valence-electron chi connectivity index (χ1n) is 8.94. The Morgan fingerprint density at radius 1 is 1.36 bits per heavy atom. The first-order valence-corrected chi connectivity index (χ1v) is 8.94. The van der Waals surface area contributed by atoms with Crippen LogP contribution in [0.5, 0.6) is 0 Å². The highest BCUT2D eigenvalue weighted by molar-refractivity contribution is 5.51. The summed E-state index contributed by atoms with van der Waals surface area (Å²) in [6, 6.07) is 1.78. The predicted molar refractivity (Wildman–Crippen MR) is 98.1 cm³/mol. The Bertz CT molecular complexity index is 809. The Morgan fingerprint density at radius 3 is 2.79 bits per heavy atom. The molecule has 2 N–H and O–H groups in total. The molecule has 1 aliphatic rings. The number of hydrogen-bond acceptors (Lipinski definition) is 7. The van der Waals surface area contributed by atoms with Gasteiger partial charge in [0.25, 0.3) is 0 Å². The standard InChI is InChI=1S/C18H24F3N5O2/c1-11-14(15(9-28-11)18(19,20)21)6-22-16-5-17(24-10-23-16)26-8-13(27)4-12(26)7-25(2)3/h5,9-10,12-13,27H,4,6-8H2,1-3H3,(H,22,23,24)/t12-,13-/m1/s1. The number of hydrogen-bond donors (Lipinski definition) is 2. The largest absolute Gasteiger partial charge is 0.469 e. The van der Waals surface area contributed by atoms with Gasteiger partial charge >= 0.3 is 6.18 Å². The average molecular weight is 399 g/mol. The molecule has 0 spiro atoms. The lowest BCUT2D eigenvalue weighted by Gasteiger charge is -2.27. The van der Waals surface area contributed by atoms with Crippen LogP contribution >= 0.6 is 0 Å². The van der Waals surface area contributed by atoms with Crippen LogP contribution in [-0.2, 0) is 12.7 Å². The number of nitrogens with one attached hydrogen (secondary N) is 1. The second-order valence-corrected chi connectivity index (χ2v) is 7.25.